The zero-order chi connectivity index (χ0) is 20.8. The SMILES string of the molecule is CCCCN1C(=O)CCC(C(=O)Nc2cccc(C)n2)C1c1ccccc1OC. The maximum absolute atomic E-state index is 13.3. The number of nitrogens with zero attached hydrogens (tertiary/aromatic N) is 2. The highest BCUT2D eigenvalue weighted by Gasteiger charge is 2.41. The predicted molar refractivity (Wildman–Crippen MR) is 113 cm³/mol. The number of pyridine rings is 1. The van der Waals surface area contributed by atoms with Crippen LogP contribution in [0.3, 0.4) is 0 Å². The van der Waals surface area contributed by atoms with Gasteiger partial charge in [-0.25, -0.2) is 4.98 Å². The van der Waals surface area contributed by atoms with Crippen molar-refractivity contribution in [3.05, 3.63) is 53.7 Å². The summed E-state index contributed by atoms with van der Waals surface area (Å²) in [6.45, 7) is 4.61. The molecule has 0 bridgehead atoms. The third-order valence-corrected chi connectivity index (χ3v) is 5.39. The quantitative estimate of drug-likeness (QED) is 0.766. The molecule has 2 atom stereocenters. The summed E-state index contributed by atoms with van der Waals surface area (Å²) >= 11 is 0. The number of para-hydroxylation sites is 1. The van der Waals surface area contributed by atoms with Crippen LogP contribution >= 0.6 is 0 Å². The molecule has 2 heterocycles. The maximum atomic E-state index is 13.3. The van der Waals surface area contributed by atoms with Gasteiger partial charge in [0, 0.05) is 24.2 Å². The van der Waals surface area contributed by atoms with E-state index in [-0.39, 0.29) is 23.8 Å². The largest absolute Gasteiger partial charge is 0.496 e. The van der Waals surface area contributed by atoms with Gasteiger partial charge in [0.2, 0.25) is 11.8 Å². The molecule has 29 heavy (non-hydrogen) atoms. The molecule has 0 radical (unpaired) electrons. The number of benzene rings is 1. The van der Waals surface area contributed by atoms with Crippen LogP contribution in [0, 0.1) is 12.8 Å². The summed E-state index contributed by atoms with van der Waals surface area (Å²) in [4.78, 5) is 32.3. The molecule has 0 aliphatic carbocycles. The van der Waals surface area contributed by atoms with Gasteiger partial charge >= 0.3 is 0 Å². The van der Waals surface area contributed by atoms with Crippen molar-refractivity contribution in [2.75, 3.05) is 19.0 Å². The van der Waals surface area contributed by atoms with Crippen LogP contribution < -0.4 is 10.1 Å². The second-order valence-corrected chi connectivity index (χ2v) is 7.43. The van der Waals surface area contributed by atoms with Gasteiger partial charge in [0.25, 0.3) is 0 Å². The van der Waals surface area contributed by atoms with Gasteiger partial charge in [0.05, 0.1) is 19.1 Å². The molecular weight excluding hydrogens is 366 g/mol. The molecule has 1 aliphatic rings. The summed E-state index contributed by atoms with van der Waals surface area (Å²) in [5, 5.41) is 2.95. The number of rotatable bonds is 7. The number of aromatic nitrogens is 1. The van der Waals surface area contributed by atoms with Gasteiger partial charge in [-0.3, -0.25) is 9.59 Å². The Balaban J connectivity index is 1.96. The van der Waals surface area contributed by atoms with E-state index in [9.17, 15) is 9.59 Å². The number of carbonyl (C=O) groups excluding carboxylic acids is 2. The lowest BCUT2D eigenvalue weighted by Gasteiger charge is -2.41. The van der Waals surface area contributed by atoms with Crippen LogP contribution in [-0.2, 0) is 9.59 Å². The van der Waals surface area contributed by atoms with Crippen LogP contribution in [0.1, 0.15) is 49.9 Å². The molecule has 6 heteroatoms. The molecule has 2 unspecified atom stereocenters. The van der Waals surface area contributed by atoms with Crippen LogP contribution in [0.2, 0.25) is 0 Å². The lowest BCUT2D eigenvalue weighted by Crippen LogP contribution is -2.47. The fourth-order valence-corrected chi connectivity index (χ4v) is 3.95. The first-order valence-corrected chi connectivity index (χ1v) is 10.2. The van der Waals surface area contributed by atoms with Crippen LogP contribution in [0.4, 0.5) is 5.82 Å². The minimum Gasteiger partial charge on any atom is -0.496 e. The molecule has 0 saturated carbocycles. The first-order chi connectivity index (χ1) is 14.0. The van der Waals surface area contributed by atoms with Crippen LogP contribution in [0.5, 0.6) is 5.75 Å². The number of carbonyl (C=O) groups is 2. The van der Waals surface area contributed by atoms with Crippen molar-refractivity contribution in [3.63, 3.8) is 0 Å². The molecule has 1 N–H and O–H groups in total. The molecule has 3 rings (SSSR count). The first-order valence-electron chi connectivity index (χ1n) is 10.2. The van der Waals surface area contributed by atoms with E-state index in [1.54, 1.807) is 13.2 Å². The van der Waals surface area contributed by atoms with Crippen molar-refractivity contribution in [1.82, 2.24) is 9.88 Å². The lowest BCUT2D eigenvalue weighted by molar-refractivity contribution is -0.142. The fourth-order valence-electron chi connectivity index (χ4n) is 3.95. The molecule has 1 aliphatic heterocycles. The Bertz CT molecular complexity index is 868. The Morgan fingerprint density at radius 2 is 2.03 bits per heavy atom. The van der Waals surface area contributed by atoms with E-state index in [4.69, 9.17) is 4.74 Å². The molecule has 0 spiro atoms. The van der Waals surface area contributed by atoms with Crippen molar-refractivity contribution >= 4 is 17.6 Å². The van der Waals surface area contributed by atoms with Crippen molar-refractivity contribution in [2.24, 2.45) is 5.92 Å². The van der Waals surface area contributed by atoms with Crippen molar-refractivity contribution in [2.45, 2.75) is 45.6 Å². The number of hydrogen-bond acceptors (Lipinski definition) is 4. The molecular formula is C23H29N3O3. The van der Waals surface area contributed by atoms with Gasteiger partial charge in [-0.1, -0.05) is 37.6 Å². The van der Waals surface area contributed by atoms with E-state index in [0.717, 1.165) is 24.1 Å². The fraction of sp³-hybridized carbons (Fsp3) is 0.435. The number of likely N-dealkylation sites (tertiary alicyclic amines) is 1. The van der Waals surface area contributed by atoms with E-state index in [1.807, 2.05) is 48.2 Å². The van der Waals surface area contributed by atoms with Crippen LogP contribution in [0.25, 0.3) is 0 Å². The number of amides is 2. The average Bonchev–Trinajstić information content (AvgIpc) is 2.72. The zero-order valence-electron chi connectivity index (χ0n) is 17.4. The third kappa shape index (κ3) is 4.75. The second kappa shape index (κ2) is 9.54. The lowest BCUT2D eigenvalue weighted by atomic mass is 9.83. The summed E-state index contributed by atoms with van der Waals surface area (Å²) in [6, 6.07) is 12.8. The van der Waals surface area contributed by atoms with Gasteiger partial charge in [-0.15, -0.1) is 0 Å². The highest BCUT2D eigenvalue weighted by atomic mass is 16.5. The Labute approximate surface area is 172 Å². The van der Waals surface area contributed by atoms with Gasteiger partial charge in [0.1, 0.15) is 11.6 Å². The average molecular weight is 396 g/mol. The Morgan fingerprint density at radius 3 is 2.76 bits per heavy atom. The van der Waals surface area contributed by atoms with E-state index in [0.29, 0.717) is 31.0 Å². The topological polar surface area (TPSA) is 71.5 Å². The minimum absolute atomic E-state index is 0.0899. The molecule has 1 saturated heterocycles. The number of methoxy groups -OCH3 is 1. The first kappa shape index (κ1) is 20.8. The van der Waals surface area contributed by atoms with Crippen molar-refractivity contribution < 1.29 is 14.3 Å². The standard InChI is InChI=1S/C23H29N3O3/c1-4-5-15-26-21(27)14-13-18(22(26)17-10-6-7-11-19(17)29-3)23(28)25-20-12-8-9-16(2)24-20/h6-12,18,22H,4-5,13-15H2,1-3H3,(H,24,25,28). The number of nitrogens with one attached hydrogen (secondary N) is 1. The second-order valence-electron chi connectivity index (χ2n) is 7.43. The monoisotopic (exact) mass is 395 g/mol. The highest BCUT2D eigenvalue weighted by molar-refractivity contribution is 5.94. The van der Waals surface area contributed by atoms with Gasteiger partial charge in [-0.2, -0.15) is 0 Å². The minimum atomic E-state index is -0.372. The number of piperidine rings is 1. The van der Waals surface area contributed by atoms with Crippen LogP contribution in [0.15, 0.2) is 42.5 Å². The van der Waals surface area contributed by atoms with E-state index >= 15 is 0 Å². The molecule has 1 aromatic heterocycles. The smallest absolute Gasteiger partial charge is 0.231 e. The van der Waals surface area contributed by atoms with Gasteiger partial charge < -0.3 is 15.0 Å². The zero-order valence-corrected chi connectivity index (χ0v) is 17.4. The molecule has 2 aromatic rings. The van der Waals surface area contributed by atoms with Crippen molar-refractivity contribution in [3.8, 4) is 5.75 Å². The maximum Gasteiger partial charge on any atom is 0.231 e. The van der Waals surface area contributed by atoms with Gasteiger partial charge in [-0.05, 0) is 38.0 Å². The molecule has 154 valence electrons. The van der Waals surface area contributed by atoms with E-state index in [1.165, 1.54) is 0 Å². The Kier molecular flexibility index (Phi) is 6.86. The molecule has 2 amide bonds. The molecule has 6 nitrogen and oxygen atoms in total. The predicted octanol–water partition coefficient (Wildman–Crippen LogP) is 4.12. The normalized spacial score (nSPS) is 19.1. The van der Waals surface area contributed by atoms with E-state index < -0.39 is 0 Å². The third-order valence-electron chi connectivity index (χ3n) is 5.39. The summed E-state index contributed by atoms with van der Waals surface area (Å²) in [5.74, 6) is 0.828. The summed E-state index contributed by atoms with van der Waals surface area (Å²) in [7, 11) is 1.62. The number of unbranched alkanes of at least 4 members (excludes halogenated alkanes) is 1. The number of aryl methyl sites for hydroxylation is 1. The highest BCUT2D eigenvalue weighted by Crippen LogP contribution is 2.41. The van der Waals surface area contributed by atoms with E-state index in [2.05, 4.69) is 17.2 Å². The number of ether oxygens (including phenoxy) is 1. The number of anilines is 1. The summed E-state index contributed by atoms with van der Waals surface area (Å²) < 4.78 is 5.57. The molecule has 1 fully saturated rings. The van der Waals surface area contributed by atoms with Crippen LogP contribution in [-0.4, -0.2) is 35.4 Å². The molecule has 1 aromatic carbocycles. The van der Waals surface area contributed by atoms with Gasteiger partial charge in [0.15, 0.2) is 0 Å². The summed E-state index contributed by atoms with van der Waals surface area (Å²) in [6.07, 6.45) is 2.74. The summed E-state index contributed by atoms with van der Waals surface area (Å²) in [5.41, 5.74) is 1.71. The Morgan fingerprint density at radius 1 is 1.24 bits per heavy atom. The van der Waals surface area contributed by atoms with Crippen molar-refractivity contribution in [1.29, 1.82) is 0 Å². The number of hydrogen-bond donors (Lipinski definition) is 1. The Hall–Kier alpha value is -2.89.